The van der Waals surface area contributed by atoms with E-state index in [0.29, 0.717) is 0 Å². The van der Waals surface area contributed by atoms with Crippen LogP contribution in [-0.4, -0.2) is 173 Å². The second-order valence-electron chi connectivity index (χ2n) is 8.57. The molecule has 15 atom stereocenters. The number of aliphatic hydroxyl groups excluding tert-OH is 11. The summed E-state index contributed by atoms with van der Waals surface area (Å²) in [7, 11) is 0. The third-order valence-corrected chi connectivity index (χ3v) is 6.41. The number of hydrogen-bond donors (Lipinski definition) is 12. The molecule has 12 N–H and O–H groups in total. The van der Waals surface area contributed by atoms with Crippen molar-refractivity contribution in [2.24, 2.45) is 0 Å². The number of hydrogen-bond acceptors (Lipinski definition) is 16. The molecule has 0 radical (unpaired) electrons. The highest BCUT2D eigenvalue weighted by atomic mass is 16.7. The lowest BCUT2D eigenvalue weighted by atomic mass is 9.83. The van der Waals surface area contributed by atoms with Crippen molar-refractivity contribution in [1.29, 1.82) is 0 Å². The molecule has 3 aliphatic rings. The van der Waals surface area contributed by atoms with Gasteiger partial charge in [-0.3, -0.25) is 0 Å². The van der Waals surface area contributed by atoms with E-state index < -0.39 is 111 Å². The maximum atomic E-state index is 11.0. The second-order valence-corrected chi connectivity index (χ2v) is 8.57. The summed E-state index contributed by atoms with van der Waals surface area (Å²) in [4.78, 5) is 0. The largest absolute Gasteiger partial charge is 0.394 e. The minimum absolute atomic E-state index is 0.780. The van der Waals surface area contributed by atoms with E-state index in [0.717, 1.165) is 0 Å². The summed E-state index contributed by atoms with van der Waals surface area (Å²) >= 11 is 0. The van der Waals surface area contributed by atoms with E-state index in [2.05, 4.69) is 0 Å². The van der Waals surface area contributed by atoms with E-state index in [4.69, 9.17) is 18.9 Å². The fourth-order valence-corrected chi connectivity index (χ4v) is 4.35. The molecule has 3 heterocycles. The highest BCUT2D eigenvalue weighted by Crippen LogP contribution is 2.39. The van der Waals surface area contributed by atoms with Gasteiger partial charge in [-0.05, 0) is 0 Å². The highest BCUT2D eigenvalue weighted by Gasteiger charge is 2.63. The van der Waals surface area contributed by atoms with Crippen LogP contribution in [-0.2, 0) is 18.9 Å². The van der Waals surface area contributed by atoms with Crippen LogP contribution >= 0.6 is 0 Å². The molecule has 0 aromatic heterocycles. The average Bonchev–Trinajstić information content (AvgIpc) is 2.82. The van der Waals surface area contributed by atoms with Crippen molar-refractivity contribution in [1.82, 2.24) is 0 Å². The SMILES string of the molecule is OC[C@H]1O[C@@H](C2(O)O[C@H](CO)[C@@H](OC3O[C@H](CO)[C@H](O)[C@H](O)[C@H]3O)[C@H](O)[C@H]2O)[C@H](O)[C@@H](O)[C@H]1O. The van der Waals surface area contributed by atoms with Crippen molar-refractivity contribution in [3.05, 3.63) is 0 Å². The molecule has 0 aliphatic carbocycles. The fraction of sp³-hybridized carbons (Fsp3) is 1.00. The molecule has 200 valence electrons. The Bertz CT molecular complexity index is 664. The molecule has 0 aromatic rings. The first-order valence-corrected chi connectivity index (χ1v) is 10.6. The van der Waals surface area contributed by atoms with Crippen LogP contribution in [0.25, 0.3) is 0 Å². The summed E-state index contributed by atoms with van der Waals surface area (Å²) in [6.45, 7) is -2.62. The first-order valence-electron chi connectivity index (χ1n) is 10.6. The number of aliphatic hydroxyl groups is 12. The lowest BCUT2D eigenvalue weighted by Crippen LogP contribution is -2.75. The Morgan fingerprint density at radius 1 is 0.588 bits per heavy atom. The molecule has 2 unspecified atom stereocenters. The minimum Gasteiger partial charge on any atom is -0.394 e. The van der Waals surface area contributed by atoms with E-state index in [1.54, 1.807) is 0 Å². The Balaban J connectivity index is 1.83. The Kier molecular flexibility index (Phi) is 8.85. The summed E-state index contributed by atoms with van der Waals surface area (Å²) < 4.78 is 21.1. The normalized spacial score (nSPS) is 54.7. The van der Waals surface area contributed by atoms with E-state index >= 15 is 0 Å². The summed E-state index contributed by atoms with van der Waals surface area (Å²) in [6.07, 6.45) is -25.9. The maximum Gasteiger partial charge on any atom is 0.225 e. The van der Waals surface area contributed by atoms with Crippen molar-refractivity contribution in [2.75, 3.05) is 19.8 Å². The van der Waals surface area contributed by atoms with Crippen molar-refractivity contribution < 1.29 is 80.2 Å². The minimum atomic E-state index is -3.00. The number of ether oxygens (including phenoxy) is 4. The molecule has 16 nitrogen and oxygen atoms in total. The lowest BCUT2D eigenvalue weighted by Gasteiger charge is -2.53. The van der Waals surface area contributed by atoms with Gasteiger partial charge in [-0.25, -0.2) is 0 Å². The Morgan fingerprint density at radius 2 is 1.09 bits per heavy atom. The van der Waals surface area contributed by atoms with Crippen LogP contribution in [0.2, 0.25) is 0 Å². The molecule has 0 spiro atoms. The summed E-state index contributed by atoms with van der Waals surface area (Å²) in [5.41, 5.74) is 0. The average molecular weight is 504 g/mol. The quantitative estimate of drug-likeness (QED) is 0.160. The molecular weight excluding hydrogens is 472 g/mol. The molecule has 3 aliphatic heterocycles. The van der Waals surface area contributed by atoms with Gasteiger partial charge in [0.1, 0.15) is 79.4 Å². The van der Waals surface area contributed by atoms with Gasteiger partial charge < -0.3 is 80.2 Å². The van der Waals surface area contributed by atoms with E-state index in [9.17, 15) is 61.3 Å². The molecule has 3 fully saturated rings. The molecule has 3 rings (SSSR count). The van der Waals surface area contributed by atoms with E-state index in [-0.39, 0.29) is 0 Å². The van der Waals surface area contributed by atoms with Crippen molar-refractivity contribution >= 4 is 0 Å². The molecule has 3 saturated heterocycles. The summed E-state index contributed by atoms with van der Waals surface area (Å²) in [5, 5.41) is 121. The van der Waals surface area contributed by atoms with E-state index in [1.165, 1.54) is 0 Å². The Hall–Kier alpha value is -0.640. The van der Waals surface area contributed by atoms with Crippen LogP contribution in [0.3, 0.4) is 0 Å². The van der Waals surface area contributed by atoms with Gasteiger partial charge in [-0.15, -0.1) is 0 Å². The predicted octanol–water partition coefficient (Wildman–Crippen LogP) is -8.18. The standard InChI is InChI=1S/C18H32O16/c19-1-4-7(22)9(24)11(26)16(31-4)18(30)15(29)13(28)14(6(3-21)34-18)33-17-12(27)10(25)8(23)5(2-20)32-17/h4-17,19-30H,1-3H2/t4-,5-,6-,7+,8+,9+,10+,11-,12-,13+,14-,15-,16-,17?,18?/m1/s1. The smallest absolute Gasteiger partial charge is 0.225 e. The highest BCUT2D eigenvalue weighted by molar-refractivity contribution is 5.06. The van der Waals surface area contributed by atoms with E-state index in [1.807, 2.05) is 0 Å². The molecular formula is C18H32O16. The van der Waals surface area contributed by atoms with Gasteiger partial charge in [-0.1, -0.05) is 0 Å². The van der Waals surface area contributed by atoms with Crippen LogP contribution in [0.1, 0.15) is 0 Å². The zero-order valence-corrected chi connectivity index (χ0v) is 17.7. The molecule has 0 aromatic carbocycles. The number of rotatable bonds is 6. The lowest BCUT2D eigenvalue weighted by molar-refractivity contribution is -0.420. The van der Waals surface area contributed by atoms with Crippen LogP contribution in [0.5, 0.6) is 0 Å². The Morgan fingerprint density at radius 3 is 1.62 bits per heavy atom. The van der Waals surface area contributed by atoms with Gasteiger partial charge in [0.25, 0.3) is 0 Å². The van der Waals surface area contributed by atoms with Gasteiger partial charge in [0.15, 0.2) is 6.29 Å². The van der Waals surface area contributed by atoms with Crippen molar-refractivity contribution in [2.45, 2.75) is 91.4 Å². The first kappa shape index (κ1) is 27.9. The summed E-state index contributed by atoms with van der Waals surface area (Å²) in [6, 6.07) is 0. The summed E-state index contributed by atoms with van der Waals surface area (Å²) in [5.74, 6) is -3.00. The molecule has 0 bridgehead atoms. The van der Waals surface area contributed by atoms with Gasteiger partial charge in [0.2, 0.25) is 5.79 Å². The molecule has 0 saturated carbocycles. The van der Waals surface area contributed by atoms with Gasteiger partial charge in [-0.2, -0.15) is 0 Å². The molecule has 16 heteroatoms. The third-order valence-electron chi connectivity index (χ3n) is 6.41. The Labute approximate surface area is 192 Å². The van der Waals surface area contributed by atoms with Crippen molar-refractivity contribution in [3.8, 4) is 0 Å². The van der Waals surface area contributed by atoms with Gasteiger partial charge in [0.05, 0.1) is 19.8 Å². The molecule has 34 heavy (non-hydrogen) atoms. The first-order chi connectivity index (χ1) is 15.9. The van der Waals surface area contributed by atoms with Crippen LogP contribution < -0.4 is 0 Å². The topological polar surface area (TPSA) is 280 Å². The fourth-order valence-electron chi connectivity index (χ4n) is 4.35. The monoisotopic (exact) mass is 504 g/mol. The van der Waals surface area contributed by atoms with Crippen LogP contribution in [0.4, 0.5) is 0 Å². The third kappa shape index (κ3) is 4.71. The zero-order chi connectivity index (χ0) is 25.5. The van der Waals surface area contributed by atoms with Gasteiger partial charge in [0, 0.05) is 0 Å². The van der Waals surface area contributed by atoms with Crippen LogP contribution in [0.15, 0.2) is 0 Å². The van der Waals surface area contributed by atoms with Crippen LogP contribution in [0, 0.1) is 0 Å². The molecule has 0 amide bonds. The zero-order valence-electron chi connectivity index (χ0n) is 17.7. The predicted molar refractivity (Wildman–Crippen MR) is 101 cm³/mol. The second kappa shape index (κ2) is 10.8. The van der Waals surface area contributed by atoms with Crippen molar-refractivity contribution in [3.63, 3.8) is 0 Å². The maximum absolute atomic E-state index is 11.0. The van der Waals surface area contributed by atoms with Gasteiger partial charge >= 0.3 is 0 Å².